The molecule has 0 aliphatic rings. The minimum atomic E-state index is -0.648. The zero-order chi connectivity index (χ0) is 27.2. The highest BCUT2D eigenvalue weighted by molar-refractivity contribution is 8.00. The smallest absolute Gasteiger partial charge is 0.274 e. The predicted molar refractivity (Wildman–Crippen MR) is 148 cm³/mol. The molecule has 0 aliphatic heterocycles. The van der Waals surface area contributed by atoms with Gasteiger partial charge in [0, 0.05) is 28.4 Å². The molecule has 0 fully saturated rings. The molecule has 9 heteroatoms. The number of hydrogen-bond donors (Lipinski definition) is 1. The van der Waals surface area contributed by atoms with Crippen molar-refractivity contribution >= 4 is 29.0 Å². The molecule has 0 saturated carbocycles. The normalized spacial score (nSPS) is 11.3. The summed E-state index contributed by atoms with van der Waals surface area (Å²) in [5.74, 6) is 0.344. The van der Waals surface area contributed by atoms with E-state index in [2.05, 4.69) is 11.4 Å². The summed E-state index contributed by atoms with van der Waals surface area (Å²) in [6.45, 7) is 3.34. The molecule has 4 aromatic rings. The largest absolute Gasteiger partial charge is 0.497 e. The first-order chi connectivity index (χ1) is 18.3. The molecule has 190 valence electrons. The van der Waals surface area contributed by atoms with Crippen LogP contribution in [0.25, 0.3) is 22.4 Å². The number of amides is 1. The first kappa shape index (κ1) is 26.4. The standard InChI is InChI=1S/C29H24N4O4S/c1-18-9-12-22(15-27(18)33(35)36)31-28(34)19(2)38-29-25(17-30)24(20-7-5-4-6-8-20)16-26(32-29)21-10-13-23(37-3)14-11-21/h4-16,19H,1-3H3,(H,31,34). The molecule has 0 spiro atoms. The van der Waals surface area contributed by atoms with Crippen LogP contribution in [0, 0.1) is 28.4 Å². The highest BCUT2D eigenvalue weighted by Crippen LogP contribution is 2.36. The van der Waals surface area contributed by atoms with Crippen molar-refractivity contribution in [1.29, 1.82) is 5.26 Å². The van der Waals surface area contributed by atoms with Crippen molar-refractivity contribution in [2.45, 2.75) is 24.1 Å². The molecular weight excluding hydrogens is 500 g/mol. The van der Waals surface area contributed by atoms with E-state index in [-0.39, 0.29) is 11.6 Å². The van der Waals surface area contributed by atoms with Gasteiger partial charge >= 0.3 is 0 Å². The lowest BCUT2D eigenvalue weighted by Crippen LogP contribution is -2.22. The summed E-state index contributed by atoms with van der Waals surface area (Å²) in [7, 11) is 1.60. The van der Waals surface area contributed by atoms with Gasteiger partial charge in [0.15, 0.2) is 0 Å². The number of nitro benzene ring substituents is 1. The Morgan fingerprint density at radius 1 is 1.08 bits per heavy atom. The van der Waals surface area contributed by atoms with Crippen LogP contribution >= 0.6 is 11.8 Å². The molecule has 4 rings (SSSR count). The molecule has 1 unspecified atom stereocenters. The van der Waals surface area contributed by atoms with E-state index in [1.807, 2.05) is 60.7 Å². The number of rotatable bonds is 8. The van der Waals surface area contributed by atoms with Gasteiger partial charge in [-0.15, -0.1) is 0 Å². The van der Waals surface area contributed by atoms with Crippen molar-refractivity contribution in [2.24, 2.45) is 0 Å². The average Bonchev–Trinajstić information content (AvgIpc) is 2.94. The van der Waals surface area contributed by atoms with Crippen LogP contribution in [0.3, 0.4) is 0 Å². The van der Waals surface area contributed by atoms with Crippen molar-refractivity contribution in [3.8, 4) is 34.2 Å². The molecule has 1 atom stereocenters. The number of carbonyl (C=O) groups excluding carboxylic acids is 1. The zero-order valence-corrected chi connectivity index (χ0v) is 21.8. The third kappa shape index (κ3) is 5.82. The third-order valence-electron chi connectivity index (χ3n) is 5.90. The van der Waals surface area contributed by atoms with E-state index in [0.717, 1.165) is 22.9 Å². The summed E-state index contributed by atoms with van der Waals surface area (Å²) in [4.78, 5) is 28.6. The second-order valence-electron chi connectivity index (χ2n) is 8.45. The van der Waals surface area contributed by atoms with E-state index in [4.69, 9.17) is 9.72 Å². The number of benzene rings is 3. The summed E-state index contributed by atoms with van der Waals surface area (Å²) in [6.07, 6.45) is 0. The van der Waals surface area contributed by atoms with E-state index >= 15 is 0 Å². The van der Waals surface area contributed by atoms with Gasteiger partial charge in [-0.2, -0.15) is 5.26 Å². The molecule has 38 heavy (non-hydrogen) atoms. The van der Waals surface area contributed by atoms with Gasteiger partial charge in [-0.3, -0.25) is 14.9 Å². The Bertz CT molecular complexity index is 1530. The fraction of sp³-hybridized carbons (Fsp3) is 0.138. The lowest BCUT2D eigenvalue weighted by molar-refractivity contribution is -0.385. The van der Waals surface area contributed by atoms with Crippen molar-refractivity contribution in [2.75, 3.05) is 12.4 Å². The van der Waals surface area contributed by atoms with Gasteiger partial charge in [-0.1, -0.05) is 48.2 Å². The summed E-state index contributed by atoms with van der Waals surface area (Å²) < 4.78 is 5.26. The second kappa shape index (κ2) is 11.6. The maximum absolute atomic E-state index is 13.0. The molecule has 0 saturated heterocycles. The number of aromatic nitrogens is 1. The van der Waals surface area contributed by atoms with Crippen LogP contribution in [-0.2, 0) is 4.79 Å². The minimum Gasteiger partial charge on any atom is -0.497 e. The highest BCUT2D eigenvalue weighted by Gasteiger charge is 2.22. The SMILES string of the molecule is COc1ccc(-c2cc(-c3ccccc3)c(C#N)c(SC(C)C(=O)Nc3ccc(C)c([N+](=O)[O-])c3)n2)cc1. The number of pyridine rings is 1. The molecule has 0 radical (unpaired) electrons. The van der Waals surface area contributed by atoms with Gasteiger partial charge in [-0.25, -0.2) is 4.98 Å². The van der Waals surface area contributed by atoms with E-state index in [1.165, 1.54) is 6.07 Å². The van der Waals surface area contributed by atoms with Gasteiger partial charge in [0.05, 0.1) is 28.5 Å². The maximum atomic E-state index is 13.0. The van der Waals surface area contributed by atoms with Crippen LogP contribution in [0.5, 0.6) is 5.75 Å². The van der Waals surface area contributed by atoms with Crippen molar-refractivity contribution < 1.29 is 14.5 Å². The number of ether oxygens (including phenoxy) is 1. The Kier molecular flexibility index (Phi) is 8.04. The number of carbonyl (C=O) groups is 1. The predicted octanol–water partition coefficient (Wildman–Crippen LogP) is 6.63. The molecule has 1 N–H and O–H groups in total. The van der Waals surface area contributed by atoms with E-state index < -0.39 is 10.2 Å². The van der Waals surface area contributed by atoms with E-state index in [0.29, 0.717) is 38.8 Å². The van der Waals surface area contributed by atoms with Crippen LogP contribution in [0.15, 0.2) is 83.9 Å². The van der Waals surface area contributed by atoms with Crippen molar-refractivity contribution in [3.63, 3.8) is 0 Å². The average molecular weight is 525 g/mol. The lowest BCUT2D eigenvalue weighted by Gasteiger charge is -2.16. The number of aryl methyl sites for hydroxylation is 1. The fourth-order valence-electron chi connectivity index (χ4n) is 3.82. The van der Waals surface area contributed by atoms with Crippen LogP contribution < -0.4 is 10.1 Å². The number of anilines is 1. The molecule has 3 aromatic carbocycles. The number of methoxy groups -OCH3 is 1. The summed E-state index contributed by atoms with van der Waals surface area (Å²) >= 11 is 1.16. The molecule has 0 aliphatic carbocycles. The van der Waals surface area contributed by atoms with Gasteiger partial charge in [0.25, 0.3) is 5.69 Å². The second-order valence-corrected chi connectivity index (χ2v) is 9.78. The summed E-state index contributed by atoms with van der Waals surface area (Å²) in [5.41, 5.74) is 4.16. The summed E-state index contributed by atoms with van der Waals surface area (Å²) in [6, 6.07) is 25.7. The highest BCUT2D eigenvalue weighted by atomic mass is 32.2. The van der Waals surface area contributed by atoms with Crippen LogP contribution in [-0.4, -0.2) is 28.2 Å². The maximum Gasteiger partial charge on any atom is 0.274 e. The van der Waals surface area contributed by atoms with Gasteiger partial charge in [0.2, 0.25) is 5.91 Å². The lowest BCUT2D eigenvalue weighted by atomic mass is 9.99. The quantitative estimate of drug-likeness (QED) is 0.156. The first-order valence-corrected chi connectivity index (χ1v) is 12.6. The Labute approximate surface area is 224 Å². The monoisotopic (exact) mass is 524 g/mol. The Morgan fingerprint density at radius 2 is 1.79 bits per heavy atom. The molecule has 1 heterocycles. The first-order valence-electron chi connectivity index (χ1n) is 11.7. The van der Waals surface area contributed by atoms with Crippen molar-refractivity contribution in [3.05, 3.63) is 100 Å². The fourth-order valence-corrected chi connectivity index (χ4v) is 4.74. The van der Waals surface area contributed by atoms with Gasteiger partial charge < -0.3 is 10.1 Å². The zero-order valence-electron chi connectivity index (χ0n) is 21.0. The third-order valence-corrected chi connectivity index (χ3v) is 6.99. The summed E-state index contributed by atoms with van der Waals surface area (Å²) in [5, 5.41) is 23.9. The number of nitro groups is 1. The van der Waals surface area contributed by atoms with Crippen molar-refractivity contribution in [1.82, 2.24) is 4.98 Å². The molecule has 1 aromatic heterocycles. The van der Waals surface area contributed by atoms with Gasteiger partial charge in [0.1, 0.15) is 16.8 Å². The number of nitrogens with one attached hydrogen (secondary N) is 1. The Balaban J connectivity index is 1.70. The molecular formula is C29H24N4O4S. The molecule has 1 amide bonds. The van der Waals surface area contributed by atoms with Gasteiger partial charge in [-0.05, 0) is 55.8 Å². The van der Waals surface area contributed by atoms with E-state index in [1.54, 1.807) is 33.1 Å². The topological polar surface area (TPSA) is 118 Å². The number of nitrogens with zero attached hydrogens (tertiary/aromatic N) is 3. The number of nitriles is 1. The molecule has 8 nitrogen and oxygen atoms in total. The van der Waals surface area contributed by atoms with Crippen LogP contribution in [0.2, 0.25) is 0 Å². The Morgan fingerprint density at radius 3 is 2.42 bits per heavy atom. The number of thioether (sulfide) groups is 1. The number of hydrogen-bond acceptors (Lipinski definition) is 7. The Hall–Kier alpha value is -4.68. The van der Waals surface area contributed by atoms with Crippen LogP contribution in [0.1, 0.15) is 18.1 Å². The van der Waals surface area contributed by atoms with Crippen LogP contribution in [0.4, 0.5) is 11.4 Å². The minimum absolute atomic E-state index is 0.0729. The van der Waals surface area contributed by atoms with E-state index in [9.17, 15) is 20.2 Å². The molecule has 0 bridgehead atoms.